The summed E-state index contributed by atoms with van der Waals surface area (Å²) in [5.74, 6) is -2.53. The SMILES string of the molecule is CC(C)(OC(=O)C(F)(F)F)C1C=C[C@@](C)(O)CC1. The molecule has 0 fully saturated rings. The van der Waals surface area contributed by atoms with Crippen molar-refractivity contribution in [3.05, 3.63) is 12.2 Å². The number of carbonyl (C=O) groups excluding carboxylic acids is 1. The lowest BCUT2D eigenvalue weighted by Crippen LogP contribution is -2.42. The Kier molecular flexibility index (Phi) is 3.81. The summed E-state index contributed by atoms with van der Waals surface area (Å²) < 4.78 is 40.9. The lowest BCUT2D eigenvalue weighted by Gasteiger charge is -2.37. The Morgan fingerprint density at radius 1 is 1.44 bits per heavy atom. The maximum Gasteiger partial charge on any atom is 0.490 e. The van der Waals surface area contributed by atoms with Crippen molar-refractivity contribution in [1.82, 2.24) is 0 Å². The van der Waals surface area contributed by atoms with Gasteiger partial charge in [0.1, 0.15) is 5.60 Å². The highest BCUT2D eigenvalue weighted by Gasteiger charge is 2.46. The van der Waals surface area contributed by atoms with Crippen LogP contribution in [0, 0.1) is 5.92 Å². The first-order valence-corrected chi connectivity index (χ1v) is 5.66. The quantitative estimate of drug-likeness (QED) is 0.617. The average molecular weight is 266 g/mol. The Morgan fingerprint density at radius 3 is 2.39 bits per heavy atom. The molecule has 1 aliphatic carbocycles. The van der Waals surface area contributed by atoms with Crippen molar-refractivity contribution in [3.8, 4) is 0 Å². The van der Waals surface area contributed by atoms with Crippen LogP contribution in [0.2, 0.25) is 0 Å². The van der Waals surface area contributed by atoms with Gasteiger partial charge in [0.05, 0.1) is 5.60 Å². The van der Waals surface area contributed by atoms with Crippen LogP contribution in [0.3, 0.4) is 0 Å². The number of hydrogen-bond acceptors (Lipinski definition) is 3. The zero-order valence-electron chi connectivity index (χ0n) is 10.5. The van der Waals surface area contributed by atoms with Crippen LogP contribution in [-0.4, -0.2) is 28.5 Å². The van der Waals surface area contributed by atoms with Crippen molar-refractivity contribution >= 4 is 5.97 Å². The number of esters is 1. The Labute approximate surface area is 104 Å². The van der Waals surface area contributed by atoms with Gasteiger partial charge in [-0.3, -0.25) is 0 Å². The van der Waals surface area contributed by atoms with Gasteiger partial charge in [0.15, 0.2) is 0 Å². The van der Waals surface area contributed by atoms with Gasteiger partial charge in [0.25, 0.3) is 0 Å². The smallest absolute Gasteiger partial charge is 0.452 e. The highest BCUT2D eigenvalue weighted by Crippen LogP contribution is 2.35. The van der Waals surface area contributed by atoms with E-state index in [0.717, 1.165) is 0 Å². The summed E-state index contributed by atoms with van der Waals surface area (Å²) in [5.41, 5.74) is -2.19. The van der Waals surface area contributed by atoms with Crippen molar-refractivity contribution in [3.63, 3.8) is 0 Å². The summed E-state index contributed by atoms with van der Waals surface area (Å²) in [6, 6.07) is 0. The van der Waals surface area contributed by atoms with Gasteiger partial charge in [0.2, 0.25) is 0 Å². The molecule has 0 saturated heterocycles. The fourth-order valence-electron chi connectivity index (χ4n) is 1.90. The first kappa shape index (κ1) is 15.0. The number of carbonyl (C=O) groups is 1. The van der Waals surface area contributed by atoms with Crippen LogP contribution in [0.5, 0.6) is 0 Å². The average Bonchev–Trinajstić information content (AvgIpc) is 2.14. The first-order chi connectivity index (χ1) is 7.94. The fourth-order valence-corrected chi connectivity index (χ4v) is 1.90. The lowest BCUT2D eigenvalue weighted by atomic mass is 9.78. The molecule has 0 spiro atoms. The van der Waals surface area contributed by atoms with E-state index in [9.17, 15) is 23.1 Å². The Bertz CT molecular complexity index is 356. The van der Waals surface area contributed by atoms with Crippen LogP contribution in [0.4, 0.5) is 13.2 Å². The van der Waals surface area contributed by atoms with Crippen molar-refractivity contribution < 1.29 is 27.8 Å². The lowest BCUT2D eigenvalue weighted by molar-refractivity contribution is -0.214. The van der Waals surface area contributed by atoms with E-state index in [1.807, 2.05) is 0 Å². The summed E-state index contributed by atoms with van der Waals surface area (Å²) in [4.78, 5) is 10.8. The molecule has 0 aromatic heterocycles. The van der Waals surface area contributed by atoms with Gasteiger partial charge in [-0.1, -0.05) is 12.2 Å². The molecule has 1 rings (SSSR count). The monoisotopic (exact) mass is 266 g/mol. The topological polar surface area (TPSA) is 46.5 Å². The van der Waals surface area contributed by atoms with E-state index >= 15 is 0 Å². The second-order valence-electron chi connectivity index (χ2n) is 5.35. The molecule has 6 heteroatoms. The molecule has 2 atom stereocenters. The van der Waals surface area contributed by atoms with Gasteiger partial charge < -0.3 is 9.84 Å². The second-order valence-corrected chi connectivity index (χ2v) is 5.35. The van der Waals surface area contributed by atoms with Crippen molar-refractivity contribution in [1.29, 1.82) is 0 Å². The zero-order chi connectivity index (χ0) is 14.2. The van der Waals surface area contributed by atoms with E-state index in [0.29, 0.717) is 12.8 Å². The third kappa shape index (κ3) is 3.73. The number of aliphatic hydroxyl groups is 1. The normalized spacial score (nSPS) is 29.2. The molecule has 0 amide bonds. The molecule has 3 nitrogen and oxygen atoms in total. The third-order valence-electron chi connectivity index (χ3n) is 3.13. The molecule has 1 unspecified atom stereocenters. The van der Waals surface area contributed by atoms with E-state index in [1.165, 1.54) is 19.9 Å². The van der Waals surface area contributed by atoms with Crippen LogP contribution in [0.25, 0.3) is 0 Å². The third-order valence-corrected chi connectivity index (χ3v) is 3.13. The molecule has 0 saturated carbocycles. The molecule has 0 bridgehead atoms. The van der Waals surface area contributed by atoms with Gasteiger partial charge in [0, 0.05) is 5.92 Å². The van der Waals surface area contributed by atoms with Gasteiger partial charge in [-0.05, 0) is 33.6 Å². The highest BCUT2D eigenvalue weighted by atomic mass is 19.4. The fraction of sp³-hybridized carbons (Fsp3) is 0.750. The molecule has 104 valence electrons. The van der Waals surface area contributed by atoms with Gasteiger partial charge in [-0.25, -0.2) is 4.79 Å². The Balaban J connectivity index is 2.74. The van der Waals surface area contributed by atoms with E-state index < -0.39 is 23.3 Å². The molecular weight excluding hydrogens is 249 g/mol. The number of halogens is 3. The van der Waals surface area contributed by atoms with Crippen LogP contribution in [0.1, 0.15) is 33.6 Å². The summed E-state index contributed by atoms with van der Waals surface area (Å²) >= 11 is 0. The van der Waals surface area contributed by atoms with Crippen LogP contribution in [0.15, 0.2) is 12.2 Å². The summed E-state index contributed by atoms with van der Waals surface area (Å²) in [7, 11) is 0. The molecular formula is C12H17F3O3. The summed E-state index contributed by atoms with van der Waals surface area (Å²) in [5, 5.41) is 9.69. The minimum absolute atomic E-state index is 0.343. The predicted octanol–water partition coefficient (Wildman–Crippen LogP) is 2.59. The molecule has 0 heterocycles. The molecule has 0 aliphatic heterocycles. The van der Waals surface area contributed by atoms with Crippen molar-refractivity contribution in [2.24, 2.45) is 5.92 Å². The predicted molar refractivity (Wildman–Crippen MR) is 58.7 cm³/mol. The summed E-state index contributed by atoms with van der Waals surface area (Å²) in [6.07, 6.45) is -0.971. The molecule has 0 aromatic carbocycles. The number of alkyl halides is 3. The van der Waals surface area contributed by atoms with Gasteiger partial charge >= 0.3 is 12.1 Å². The van der Waals surface area contributed by atoms with Crippen LogP contribution < -0.4 is 0 Å². The van der Waals surface area contributed by atoms with Crippen molar-refractivity contribution in [2.45, 2.75) is 51.0 Å². The number of rotatable bonds is 2. The first-order valence-electron chi connectivity index (χ1n) is 5.66. The van der Waals surface area contributed by atoms with Crippen LogP contribution in [-0.2, 0) is 9.53 Å². The maximum atomic E-state index is 12.1. The van der Waals surface area contributed by atoms with Crippen LogP contribution >= 0.6 is 0 Å². The number of hydrogen-bond donors (Lipinski definition) is 1. The largest absolute Gasteiger partial charge is 0.490 e. The summed E-state index contributed by atoms with van der Waals surface area (Å²) in [6.45, 7) is 4.49. The van der Waals surface area contributed by atoms with E-state index in [1.54, 1.807) is 13.0 Å². The van der Waals surface area contributed by atoms with Crippen molar-refractivity contribution in [2.75, 3.05) is 0 Å². The number of ether oxygens (including phenoxy) is 1. The zero-order valence-corrected chi connectivity index (χ0v) is 10.5. The van der Waals surface area contributed by atoms with Gasteiger partial charge in [-0.15, -0.1) is 0 Å². The van der Waals surface area contributed by atoms with E-state index in [-0.39, 0.29) is 5.92 Å². The Morgan fingerprint density at radius 2 is 2.00 bits per heavy atom. The standard InChI is InChI=1S/C12H17F3O3/c1-10(2,18-9(16)12(13,14)15)8-4-6-11(3,17)7-5-8/h4,6,8,17H,5,7H2,1-3H3/t8?,11-/m1/s1. The molecule has 1 N–H and O–H groups in total. The van der Waals surface area contributed by atoms with E-state index in [4.69, 9.17) is 0 Å². The highest BCUT2D eigenvalue weighted by molar-refractivity contribution is 5.76. The van der Waals surface area contributed by atoms with Gasteiger partial charge in [-0.2, -0.15) is 13.2 Å². The molecule has 0 radical (unpaired) electrons. The second kappa shape index (κ2) is 4.57. The maximum absolute atomic E-state index is 12.1. The minimum Gasteiger partial charge on any atom is -0.452 e. The molecule has 1 aliphatic rings. The minimum atomic E-state index is -4.98. The molecule has 18 heavy (non-hydrogen) atoms. The Hall–Kier alpha value is -1.04. The molecule has 0 aromatic rings. The van der Waals surface area contributed by atoms with E-state index in [2.05, 4.69) is 4.74 Å².